The van der Waals surface area contributed by atoms with Gasteiger partial charge in [0.15, 0.2) is 0 Å². The molecule has 1 aliphatic heterocycles. The third kappa shape index (κ3) is 3.22. The quantitative estimate of drug-likeness (QED) is 0.907. The van der Waals surface area contributed by atoms with Gasteiger partial charge in [0.2, 0.25) is 0 Å². The number of rotatable bonds is 3. The molecule has 1 fully saturated rings. The fourth-order valence-corrected chi connectivity index (χ4v) is 2.90. The predicted molar refractivity (Wildman–Crippen MR) is 86.1 cm³/mol. The van der Waals surface area contributed by atoms with Crippen molar-refractivity contribution in [1.29, 1.82) is 0 Å². The van der Waals surface area contributed by atoms with Gasteiger partial charge in [0.25, 0.3) is 0 Å². The molecule has 0 amide bonds. The monoisotopic (exact) mass is 331 g/mol. The Hall–Kier alpha value is -1.32. The van der Waals surface area contributed by atoms with E-state index in [1.807, 2.05) is 12.1 Å². The molecule has 1 N–H and O–H groups in total. The van der Waals surface area contributed by atoms with Gasteiger partial charge in [-0.05, 0) is 49.7 Å². The molecule has 104 valence electrons. The maximum Gasteiger partial charge on any atom is 0.127 e. The van der Waals surface area contributed by atoms with Crippen LogP contribution in [0, 0.1) is 0 Å². The zero-order chi connectivity index (χ0) is 13.8. The number of hydrogen-bond donors (Lipinski definition) is 1. The second-order valence-corrected chi connectivity index (χ2v) is 5.99. The van der Waals surface area contributed by atoms with E-state index >= 15 is 0 Å². The molecule has 0 atom stereocenters. The zero-order valence-electron chi connectivity index (χ0n) is 11.3. The summed E-state index contributed by atoms with van der Waals surface area (Å²) >= 11 is 3.55. The predicted octanol–water partition coefficient (Wildman–Crippen LogP) is 4.25. The van der Waals surface area contributed by atoms with Gasteiger partial charge in [0.1, 0.15) is 11.9 Å². The molecule has 0 aliphatic carbocycles. The highest BCUT2D eigenvalue weighted by Crippen LogP contribution is 2.34. The van der Waals surface area contributed by atoms with E-state index in [2.05, 4.69) is 57.6 Å². The van der Waals surface area contributed by atoms with Gasteiger partial charge < -0.3 is 10.1 Å². The first-order chi connectivity index (χ1) is 9.83. The lowest BCUT2D eigenvalue weighted by Gasteiger charge is -2.25. The van der Waals surface area contributed by atoms with E-state index in [9.17, 15) is 0 Å². The minimum absolute atomic E-state index is 0.319. The smallest absolute Gasteiger partial charge is 0.127 e. The van der Waals surface area contributed by atoms with E-state index in [-0.39, 0.29) is 0 Å². The molecule has 0 radical (unpaired) electrons. The van der Waals surface area contributed by atoms with Gasteiger partial charge in [-0.25, -0.2) is 0 Å². The van der Waals surface area contributed by atoms with Crippen LogP contribution in [0.15, 0.2) is 53.0 Å². The summed E-state index contributed by atoms with van der Waals surface area (Å²) in [7, 11) is 0. The number of nitrogens with one attached hydrogen (secondary N) is 1. The Balaban J connectivity index is 1.90. The topological polar surface area (TPSA) is 21.3 Å². The standard InChI is InChI=1S/C17H18BrNO/c18-14-6-7-17(20-15-8-10-19-11-9-15)16(12-14)13-4-2-1-3-5-13/h1-7,12,15,19H,8-11H2. The van der Waals surface area contributed by atoms with Crippen molar-refractivity contribution in [3.8, 4) is 16.9 Å². The second-order valence-electron chi connectivity index (χ2n) is 5.07. The Kier molecular flexibility index (Phi) is 4.38. The van der Waals surface area contributed by atoms with Crippen LogP contribution in [0.2, 0.25) is 0 Å². The van der Waals surface area contributed by atoms with E-state index in [0.717, 1.165) is 41.7 Å². The van der Waals surface area contributed by atoms with Gasteiger partial charge in [-0.3, -0.25) is 0 Å². The van der Waals surface area contributed by atoms with Crippen LogP contribution in [-0.4, -0.2) is 19.2 Å². The van der Waals surface area contributed by atoms with Crippen LogP contribution in [0.1, 0.15) is 12.8 Å². The molecule has 2 nitrogen and oxygen atoms in total. The molecule has 20 heavy (non-hydrogen) atoms. The van der Waals surface area contributed by atoms with E-state index in [0.29, 0.717) is 6.10 Å². The highest BCUT2D eigenvalue weighted by Gasteiger charge is 2.16. The summed E-state index contributed by atoms with van der Waals surface area (Å²) in [6, 6.07) is 16.6. The van der Waals surface area contributed by atoms with Crippen LogP contribution in [0.4, 0.5) is 0 Å². The maximum absolute atomic E-state index is 6.24. The summed E-state index contributed by atoms with van der Waals surface area (Å²) in [5.41, 5.74) is 2.34. The van der Waals surface area contributed by atoms with Gasteiger partial charge in [0, 0.05) is 10.0 Å². The highest BCUT2D eigenvalue weighted by molar-refractivity contribution is 9.10. The summed E-state index contributed by atoms with van der Waals surface area (Å²) in [5.74, 6) is 0.978. The molecule has 2 aromatic rings. The third-order valence-corrected chi connectivity index (χ3v) is 4.10. The molecule has 0 aromatic heterocycles. The van der Waals surface area contributed by atoms with Crippen molar-refractivity contribution >= 4 is 15.9 Å². The fourth-order valence-electron chi connectivity index (χ4n) is 2.54. The van der Waals surface area contributed by atoms with Crippen LogP contribution >= 0.6 is 15.9 Å². The maximum atomic E-state index is 6.24. The lowest BCUT2D eigenvalue weighted by atomic mass is 10.0. The molecule has 1 aliphatic rings. The number of hydrogen-bond acceptors (Lipinski definition) is 2. The molecule has 0 spiro atoms. The second kappa shape index (κ2) is 6.42. The van der Waals surface area contributed by atoms with Crippen molar-refractivity contribution in [2.24, 2.45) is 0 Å². The Bertz CT molecular complexity index is 564. The largest absolute Gasteiger partial charge is 0.490 e. The lowest BCUT2D eigenvalue weighted by Crippen LogP contribution is -2.34. The van der Waals surface area contributed by atoms with Crippen LogP contribution < -0.4 is 10.1 Å². The Labute approximate surface area is 128 Å². The zero-order valence-corrected chi connectivity index (χ0v) is 12.9. The van der Waals surface area contributed by atoms with E-state index in [1.54, 1.807) is 0 Å². The summed E-state index contributed by atoms with van der Waals surface area (Å²) in [6.45, 7) is 2.09. The first kappa shape index (κ1) is 13.7. The van der Waals surface area contributed by atoms with Crippen LogP contribution in [0.25, 0.3) is 11.1 Å². The average Bonchev–Trinajstić information content (AvgIpc) is 2.51. The minimum Gasteiger partial charge on any atom is -0.490 e. The summed E-state index contributed by atoms with van der Waals surface area (Å²) in [6.07, 6.45) is 2.47. The van der Waals surface area contributed by atoms with Gasteiger partial charge in [-0.15, -0.1) is 0 Å². The van der Waals surface area contributed by atoms with Gasteiger partial charge in [-0.2, -0.15) is 0 Å². The first-order valence-electron chi connectivity index (χ1n) is 7.05. The van der Waals surface area contributed by atoms with Gasteiger partial charge in [0.05, 0.1) is 0 Å². The molecule has 3 heteroatoms. The molecule has 0 saturated carbocycles. The number of ether oxygens (including phenoxy) is 1. The fraction of sp³-hybridized carbons (Fsp3) is 0.294. The first-order valence-corrected chi connectivity index (χ1v) is 7.84. The molecule has 1 heterocycles. The number of piperidine rings is 1. The normalized spacial score (nSPS) is 16.1. The minimum atomic E-state index is 0.319. The summed E-state index contributed by atoms with van der Waals surface area (Å²) in [5, 5.41) is 3.37. The number of halogens is 1. The number of benzene rings is 2. The molecule has 1 saturated heterocycles. The Morgan fingerprint density at radius 1 is 1.00 bits per heavy atom. The molecule has 0 bridgehead atoms. The molecular formula is C17H18BrNO. The average molecular weight is 332 g/mol. The summed E-state index contributed by atoms with van der Waals surface area (Å²) < 4.78 is 7.31. The third-order valence-electron chi connectivity index (χ3n) is 3.61. The molecule has 2 aromatic carbocycles. The van der Waals surface area contributed by atoms with Crippen LogP contribution in [0.5, 0.6) is 5.75 Å². The van der Waals surface area contributed by atoms with Crippen LogP contribution in [0.3, 0.4) is 0 Å². The van der Waals surface area contributed by atoms with Gasteiger partial charge >= 0.3 is 0 Å². The van der Waals surface area contributed by atoms with Crippen molar-refractivity contribution in [1.82, 2.24) is 5.32 Å². The Morgan fingerprint density at radius 3 is 2.50 bits per heavy atom. The van der Waals surface area contributed by atoms with E-state index in [1.165, 1.54) is 5.56 Å². The van der Waals surface area contributed by atoms with Crippen molar-refractivity contribution in [2.45, 2.75) is 18.9 Å². The molecule has 3 rings (SSSR count). The van der Waals surface area contributed by atoms with Crippen molar-refractivity contribution < 1.29 is 4.74 Å². The molecular weight excluding hydrogens is 314 g/mol. The van der Waals surface area contributed by atoms with Crippen molar-refractivity contribution in [3.63, 3.8) is 0 Å². The van der Waals surface area contributed by atoms with Crippen LogP contribution in [-0.2, 0) is 0 Å². The van der Waals surface area contributed by atoms with Gasteiger partial charge in [-0.1, -0.05) is 46.3 Å². The highest BCUT2D eigenvalue weighted by atomic mass is 79.9. The van der Waals surface area contributed by atoms with Crippen molar-refractivity contribution in [2.75, 3.05) is 13.1 Å². The Morgan fingerprint density at radius 2 is 1.75 bits per heavy atom. The molecule has 0 unspecified atom stereocenters. The summed E-state index contributed by atoms with van der Waals surface area (Å²) in [4.78, 5) is 0. The van der Waals surface area contributed by atoms with Crippen molar-refractivity contribution in [3.05, 3.63) is 53.0 Å². The van der Waals surface area contributed by atoms with E-state index in [4.69, 9.17) is 4.74 Å². The lowest BCUT2D eigenvalue weighted by molar-refractivity contribution is 0.163. The van der Waals surface area contributed by atoms with E-state index < -0.39 is 0 Å². The SMILES string of the molecule is Brc1ccc(OC2CCNCC2)c(-c2ccccc2)c1.